The molecular weight excluding hydrogens is 264 g/mol. The summed E-state index contributed by atoms with van der Waals surface area (Å²) in [6.45, 7) is 7.83. The number of benzene rings is 1. The summed E-state index contributed by atoms with van der Waals surface area (Å²) in [6.07, 6.45) is 2.04. The van der Waals surface area contributed by atoms with Crippen LogP contribution in [0.3, 0.4) is 0 Å². The van der Waals surface area contributed by atoms with E-state index in [1.807, 2.05) is 24.3 Å². The highest BCUT2D eigenvalue weighted by atomic mass is 16.5. The van der Waals surface area contributed by atoms with Crippen molar-refractivity contribution < 1.29 is 9.53 Å². The maximum Gasteiger partial charge on any atom is 0.253 e. The van der Waals surface area contributed by atoms with E-state index in [1.165, 1.54) is 0 Å². The second-order valence-corrected chi connectivity index (χ2v) is 6.06. The van der Waals surface area contributed by atoms with Crippen molar-refractivity contribution in [2.75, 3.05) is 18.5 Å². The largest absolute Gasteiger partial charge is 0.382 e. The minimum absolute atomic E-state index is 0.00209. The van der Waals surface area contributed by atoms with Crippen LogP contribution in [0.15, 0.2) is 24.3 Å². The van der Waals surface area contributed by atoms with Crippen LogP contribution in [0, 0.1) is 5.92 Å². The number of hydrogen-bond donors (Lipinski definition) is 2. The Kier molecular flexibility index (Phi) is 5.62. The van der Waals surface area contributed by atoms with Crippen molar-refractivity contribution in [1.82, 2.24) is 5.32 Å². The zero-order valence-electron chi connectivity index (χ0n) is 13.2. The number of rotatable bonds is 5. The third-order valence-electron chi connectivity index (χ3n) is 3.95. The molecule has 4 heteroatoms. The first-order valence-corrected chi connectivity index (χ1v) is 7.82. The summed E-state index contributed by atoms with van der Waals surface area (Å²) in [7, 11) is 0. The SMILES string of the molecule is CC(C)Nc1ccccc1C(=O)NC(C)C1CCOCC1. The molecule has 1 aliphatic heterocycles. The topological polar surface area (TPSA) is 50.4 Å². The molecule has 1 saturated heterocycles. The lowest BCUT2D eigenvalue weighted by Gasteiger charge is -2.28. The molecule has 0 aliphatic carbocycles. The molecular formula is C17H26N2O2. The van der Waals surface area contributed by atoms with Crippen molar-refractivity contribution in [2.24, 2.45) is 5.92 Å². The number of ether oxygens (including phenoxy) is 1. The van der Waals surface area contributed by atoms with Gasteiger partial charge in [0, 0.05) is 31.0 Å². The summed E-state index contributed by atoms with van der Waals surface area (Å²) in [5, 5.41) is 6.47. The number of nitrogens with one attached hydrogen (secondary N) is 2. The number of carbonyl (C=O) groups is 1. The lowest BCUT2D eigenvalue weighted by Crippen LogP contribution is -2.40. The Hall–Kier alpha value is -1.55. The van der Waals surface area contributed by atoms with Gasteiger partial charge in [0.2, 0.25) is 0 Å². The van der Waals surface area contributed by atoms with Gasteiger partial charge in [-0.2, -0.15) is 0 Å². The molecule has 4 nitrogen and oxygen atoms in total. The van der Waals surface area contributed by atoms with Crippen molar-refractivity contribution in [3.05, 3.63) is 29.8 Å². The predicted molar refractivity (Wildman–Crippen MR) is 85.7 cm³/mol. The highest BCUT2D eigenvalue weighted by Gasteiger charge is 2.23. The van der Waals surface area contributed by atoms with E-state index in [0.717, 1.165) is 31.7 Å². The molecule has 21 heavy (non-hydrogen) atoms. The molecule has 1 heterocycles. The zero-order chi connectivity index (χ0) is 15.2. The molecule has 0 spiro atoms. The van der Waals surface area contributed by atoms with Gasteiger partial charge < -0.3 is 15.4 Å². The maximum atomic E-state index is 12.5. The summed E-state index contributed by atoms with van der Waals surface area (Å²) >= 11 is 0. The van der Waals surface area contributed by atoms with Crippen molar-refractivity contribution in [2.45, 2.75) is 45.7 Å². The molecule has 0 radical (unpaired) electrons. The minimum atomic E-state index is -0.00209. The second kappa shape index (κ2) is 7.46. The van der Waals surface area contributed by atoms with E-state index in [1.54, 1.807) is 0 Å². The molecule has 1 fully saturated rings. The molecule has 1 unspecified atom stereocenters. The van der Waals surface area contributed by atoms with Gasteiger partial charge in [-0.3, -0.25) is 4.79 Å². The summed E-state index contributed by atoms with van der Waals surface area (Å²) in [5.41, 5.74) is 1.61. The van der Waals surface area contributed by atoms with Crippen LogP contribution in [-0.4, -0.2) is 31.2 Å². The molecule has 116 valence electrons. The fourth-order valence-electron chi connectivity index (χ4n) is 2.74. The van der Waals surface area contributed by atoms with E-state index in [9.17, 15) is 4.79 Å². The van der Waals surface area contributed by atoms with Gasteiger partial charge >= 0.3 is 0 Å². The molecule has 2 N–H and O–H groups in total. The zero-order valence-corrected chi connectivity index (χ0v) is 13.2. The van der Waals surface area contributed by atoms with Crippen molar-refractivity contribution >= 4 is 11.6 Å². The van der Waals surface area contributed by atoms with E-state index in [-0.39, 0.29) is 11.9 Å². The first-order chi connectivity index (χ1) is 10.1. The van der Waals surface area contributed by atoms with Gasteiger partial charge in [-0.15, -0.1) is 0 Å². The number of hydrogen-bond acceptors (Lipinski definition) is 3. The van der Waals surface area contributed by atoms with E-state index in [0.29, 0.717) is 17.5 Å². The molecule has 2 rings (SSSR count). The highest BCUT2D eigenvalue weighted by molar-refractivity contribution is 5.99. The van der Waals surface area contributed by atoms with Gasteiger partial charge in [-0.05, 0) is 51.7 Å². The molecule has 1 atom stereocenters. The van der Waals surface area contributed by atoms with Gasteiger partial charge in [0.1, 0.15) is 0 Å². The van der Waals surface area contributed by atoms with E-state index >= 15 is 0 Å². The van der Waals surface area contributed by atoms with Crippen LogP contribution in [0.1, 0.15) is 44.0 Å². The van der Waals surface area contributed by atoms with Crippen LogP contribution in [0.25, 0.3) is 0 Å². The fraction of sp³-hybridized carbons (Fsp3) is 0.588. The lowest BCUT2D eigenvalue weighted by atomic mass is 9.92. The van der Waals surface area contributed by atoms with Crippen LogP contribution in [0.4, 0.5) is 5.69 Å². The van der Waals surface area contributed by atoms with Crippen molar-refractivity contribution in [1.29, 1.82) is 0 Å². The van der Waals surface area contributed by atoms with Crippen LogP contribution in [-0.2, 0) is 4.74 Å². The smallest absolute Gasteiger partial charge is 0.253 e. The second-order valence-electron chi connectivity index (χ2n) is 6.06. The molecule has 0 saturated carbocycles. The molecule has 1 aliphatic rings. The van der Waals surface area contributed by atoms with Gasteiger partial charge in [-0.1, -0.05) is 12.1 Å². The Labute approximate surface area is 127 Å². The Morgan fingerprint density at radius 1 is 1.19 bits per heavy atom. The van der Waals surface area contributed by atoms with Crippen molar-refractivity contribution in [3.63, 3.8) is 0 Å². The molecule has 1 amide bonds. The van der Waals surface area contributed by atoms with Crippen LogP contribution < -0.4 is 10.6 Å². The number of para-hydroxylation sites is 1. The standard InChI is InChI=1S/C17H26N2O2/c1-12(2)18-16-7-5-4-6-15(16)17(20)19-13(3)14-8-10-21-11-9-14/h4-7,12-14,18H,8-11H2,1-3H3,(H,19,20). The Bertz CT molecular complexity index is 468. The molecule has 1 aromatic carbocycles. The van der Waals surface area contributed by atoms with Gasteiger partial charge in [0.05, 0.1) is 5.56 Å². The van der Waals surface area contributed by atoms with Gasteiger partial charge in [0.15, 0.2) is 0 Å². The van der Waals surface area contributed by atoms with Crippen LogP contribution >= 0.6 is 0 Å². The summed E-state index contributed by atoms with van der Waals surface area (Å²) in [6, 6.07) is 8.15. The molecule has 1 aromatic rings. The molecule has 0 aromatic heterocycles. The number of carbonyl (C=O) groups excluding carboxylic acids is 1. The molecule has 0 bridgehead atoms. The first kappa shape index (κ1) is 15.8. The minimum Gasteiger partial charge on any atom is -0.382 e. The lowest BCUT2D eigenvalue weighted by molar-refractivity contribution is 0.0538. The Morgan fingerprint density at radius 2 is 1.86 bits per heavy atom. The van der Waals surface area contributed by atoms with Gasteiger partial charge in [-0.25, -0.2) is 0 Å². The third-order valence-corrected chi connectivity index (χ3v) is 3.95. The van der Waals surface area contributed by atoms with Crippen LogP contribution in [0.2, 0.25) is 0 Å². The third kappa shape index (κ3) is 4.46. The number of anilines is 1. The maximum absolute atomic E-state index is 12.5. The monoisotopic (exact) mass is 290 g/mol. The Balaban J connectivity index is 2.02. The van der Waals surface area contributed by atoms with Crippen LogP contribution in [0.5, 0.6) is 0 Å². The average molecular weight is 290 g/mol. The summed E-state index contributed by atoms with van der Waals surface area (Å²) < 4.78 is 5.38. The van der Waals surface area contributed by atoms with E-state index in [2.05, 4.69) is 31.4 Å². The summed E-state index contributed by atoms with van der Waals surface area (Å²) in [4.78, 5) is 12.5. The summed E-state index contributed by atoms with van der Waals surface area (Å²) in [5.74, 6) is 0.505. The van der Waals surface area contributed by atoms with Crippen molar-refractivity contribution in [3.8, 4) is 0 Å². The fourth-order valence-corrected chi connectivity index (χ4v) is 2.74. The Morgan fingerprint density at radius 3 is 2.52 bits per heavy atom. The quantitative estimate of drug-likeness (QED) is 0.876. The predicted octanol–water partition coefficient (Wildman–Crippen LogP) is 3.05. The van der Waals surface area contributed by atoms with E-state index in [4.69, 9.17) is 4.74 Å². The van der Waals surface area contributed by atoms with E-state index < -0.39 is 0 Å². The first-order valence-electron chi connectivity index (χ1n) is 7.82. The normalized spacial score (nSPS) is 17.5. The number of amides is 1. The average Bonchev–Trinajstić information content (AvgIpc) is 2.48. The highest BCUT2D eigenvalue weighted by Crippen LogP contribution is 2.20. The van der Waals surface area contributed by atoms with Gasteiger partial charge in [0.25, 0.3) is 5.91 Å².